The highest BCUT2D eigenvalue weighted by molar-refractivity contribution is 5.20. The summed E-state index contributed by atoms with van der Waals surface area (Å²) in [5.74, 6) is -0.183. The number of halogens is 2. The minimum absolute atomic E-state index is 0.0576. The van der Waals surface area contributed by atoms with Crippen LogP contribution in [0.3, 0.4) is 0 Å². The molecule has 0 aliphatic rings. The van der Waals surface area contributed by atoms with Gasteiger partial charge in [-0.3, -0.25) is 0 Å². The Morgan fingerprint density at radius 3 is 2.52 bits per heavy atom. The minimum Gasteiger partial charge on any atom is -0.334 e. The van der Waals surface area contributed by atoms with Crippen molar-refractivity contribution in [1.29, 1.82) is 0 Å². The van der Waals surface area contributed by atoms with Crippen LogP contribution in [0.15, 0.2) is 30.6 Å². The molecule has 1 heterocycles. The van der Waals surface area contributed by atoms with E-state index in [1.165, 1.54) is 12.1 Å². The van der Waals surface area contributed by atoms with Crippen LogP contribution < -0.4 is 5.32 Å². The van der Waals surface area contributed by atoms with E-state index >= 15 is 0 Å². The molecule has 0 spiro atoms. The van der Waals surface area contributed by atoms with E-state index in [0.717, 1.165) is 31.4 Å². The fraction of sp³-hybridized carbons (Fsp3) is 0.438. The highest BCUT2D eigenvalue weighted by Crippen LogP contribution is 2.19. The third-order valence-electron chi connectivity index (χ3n) is 3.34. The van der Waals surface area contributed by atoms with Gasteiger partial charge in [0.05, 0.1) is 6.04 Å². The van der Waals surface area contributed by atoms with E-state index in [2.05, 4.69) is 21.8 Å². The van der Waals surface area contributed by atoms with Crippen LogP contribution in [0.4, 0.5) is 8.78 Å². The van der Waals surface area contributed by atoms with Gasteiger partial charge >= 0.3 is 0 Å². The second-order valence-electron chi connectivity index (χ2n) is 5.07. The summed E-state index contributed by atoms with van der Waals surface area (Å²) in [6, 6.07) is 3.59. The first-order valence-electron chi connectivity index (χ1n) is 7.33. The van der Waals surface area contributed by atoms with Crippen molar-refractivity contribution in [2.75, 3.05) is 6.54 Å². The molecule has 1 atom stereocenters. The zero-order valence-corrected chi connectivity index (χ0v) is 12.4. The van der Waals surface area contributed by atoms with E-state index in [1.807, 2.05) is 13.1 Å². The van der Waals surface area contributed by atoms with Gasteiger partial charge in [-0.05, 0) is 37.1 Å². The first kappa shape index (κ1) is 15.6. The van der Waals surface area contributed by atoms with E-state index in [9.17, 15) is 8.78 Å². The fourth-order valence-corrected chi connectivity index (χ4v) is 2.53. The number of hydrogen-bond donors (Lipinski definition) is 1. The van der Waals surface area contributed by atoms with Crippen molar-refractivity contribution in [3.05, 3.63) is 53.6 Å². The van der Waals surface area contributed by atoms with Gasteiger partial charge in [0.1, 0.15) is 17.5 Å². The number of aromatic nitrogens is 2. The number of hydrogen-bond acceptors (Lipinski definition) is 2. The van der Waals surface area contributed by atoms with Crippen LogP contribution in [-0.4, -0.2) is 16.1 Å². The van der Waals surface area contributed by atoms with Gasteiger partial charge in [0.2, 0.25) is 0 Å². The van der Waals surface area contributed by atoms with Gasteiger partial charge in [0.15, 0.2) is 0 Å². The number of aryl methyl sites for hydroxylation is 1. The monoisotopic (exact) mass is 293 g/mol. The molecule has 21 heavy (non-hydrogen) atoms. The number of nitrogens with one attached hydrogen (secondary N) is 1. The minimum atomic E-state index is -0.544. The SMILES string of the molecule is CCCn1ccnc1C(Cc1cc(F)cc(F)c1)NCC. The standard InChI is InChI=1S/C16H21F2N3/c1-3-6-21-7-5-20-16(21)15(19-4-2)10-12-8-13(17)11-14(18)9-12/h5,7-9,11,15,19H,3-4,6,10H2,1-2H3. The van der Waals surface area contributed by atoms with Gasteiger partial charge in [-0.1, -0.05) is 13.8 Å². The molecular weight excluding hydrogens is 272 g/mol. The smallest absolute Gasteiger partial charge is 0.126 e. The maximum absolute atomic E-state index is 13.3. The molecule has 114 valence electrons. The van der Waals surface area contributed by atoms with Crippen molar-refractivity contribution in [2.24, 2.45) is 0 Å². The topological polar surface area (TPSA) is 29.9 Å². The highest BCUT2D eigenvalue weighted by atomic mass is 19.1. The quantitative estimate of drug-likeness (QED) is 0.847. The number of rotatable bonds is 7. The Labute approximate surface area is 124 Å². The summed E-state index contributed by atoms with van der Waals surface area (Å²) in [4.78, 5) is 4.41. The van der Waals surface area contributed by atoms with Crippen LogP contribution >= 0.6 is 0 Å². The van der Waals surface area contributed by atoms with Crippen LogP contribution in [0.1, 0.15) is 37.7 Å². The molecule has 0 saturated heterocycles. The van der Waals surface area contributed by atoms with E-state index < -0.39 is 11.6 Å². The third-order valence-corrected chi connectivity index (χ3v) is 3.34. The summed E-state index contributed by atoms with van der Waals surface area (Å²) in [5, 5.41) is 3.34. The predicted molar refractivity (Wildman–Crippen MR) is 79.0 cm³/mol. The van der Waals surface area contributed by atoms with Crippen LogP contribution in [0.25, 0.3) is 0 Å². The van der Waals surface area contributed by atoms with Gasteiger partial charge in [0, 0.05) is 25.0 Å². The summed E-state index contributed by atoms with van der Waals surface area (Å²) in [7, 11) is 0. The Kier molecular flexibility index (Phi) is 5.44. The third kappa shape index (κ3) is 4.11. The lowest BCUT2D eigenvalue weighted by atomic mass is 10.0. The zero-order chi connectivity index (χ0) is 15.2. The molecule has 0 amide bonds. The number of benzene rings is 1. The summed E-state index contributed by atoms with van der Waals surface area (Å²) >= 11 is 0. The maximum Gasteiger partial charge on any atom is 0.126 e. The molecule has 0 bridgehead atoms. The van der Waals surface area contributed by atoms with Crippen molar-refractivity contribution in [3.63, 3.8) is 0 Å². The molecule has 3 nitrogen and oxygen atoms in total. The normalized spacial score (nSPS) is 12.6. The molecule has 2 aromatic rings. The van der Waals surface area contributed by atoms with Gasteiger partial charge in [-0.15, -0.1) is 0 Å². The van der Waals surface area contributed by atoms with Crippen LogP contribution in [-0.2, 0) is 13.0 Å². The van der Waals surface area contributed by atoms with Gasteiger partial charge < -0.3 is 9.88 Å². The average Bonchev–Trinajstić information content (AvgIpc) is 2.86. The predicted octanol–water partition coefficient (Wildman–Crippen LogP) is 3.46. The lowest BCUT2D eigenvalue weighted by Crippen LogP contribution is -2.26. The van der Waals surface area contributed by atoms with Gasteiger partial charge in [0.25, 0.3) is 0 Å². The fourth-order valence-electron chi connectivity index (χ4n) is 2.53. The molecule has 0 aliphatic heterocycles. The van der Waals surface area contributed by atoms with E-state index in [0.29, 0.717) is 12.0 Å². The zero-order valence-electron chi connectivity index (χ0n) is 12.4. The molecule has 0 radical (unpaired) electrons. The van der Waals surface area contributed by atoms with Crippen molar-refractivity contribution in [2.45, 2.75) is 39.3 Å². The first-order valence-corrected chi connectivity index (χ1v) is 7.33. The summed E-state index contributed by atoms with van der Waals surface area (Å²) in [5.41, 5.74) is 0.629. The van der Waals surface area contributed by atoms with Gasteiger partial charge in [-0.2, -0.15) is 0 Å². The molecule has 0 saturated carbocycles. The highest BCUT2D eigenvalue weighted by Gasteiger charge is 2.17. The first-order chi connectivity index (χ1) is 10.1. The molecule has 1 aromatic carbocycles. The average molecular weight is 293 g/mol. The largest absolute Gasteiger partial charge is 0.334 e. The Balaban J connectivity index is 2.24. The molecule has 1 unspecified atom stereocenters. The Morgan fingerprint density at radius 2 is 1.90 bits per heavy atom. The number of nitrogens with zero attached hydrogens (tertiary/aromatic N) is 2. The molecule has 2 rings (SSSR count). The van der Waals surface area contributed by atoms with Crippen molar-refractivity contribution in [3.8, 4) is 0 Å². The molecule has 1 aromatic heterocycles. The Morgan fingerprint density at radius 1 is 1.19 bits per heavy atom. The van der Waals surface area contributed by atoms with Crippen LogP contribution in [0.2, 0.25) is 0 Å². The lowest BCUT2D eigenvalue weighted by Gasteiger charge is -2.19. The summed E-state index contributed by atoms with van der Waals surface area (Å²) in [6.07, 6.45) is 5.22. The Bertz CT molecular complexity index is 560. The van der Waals surface area contributed by atoms with E-state index in [-0.39, 0.29) is 6.04 Å². The van der Waals surface area contributed by atoms with Gasteiger partial charge in [-0.25, -0.2) is 13.8 Å². The number of likely N-dealkylation sites (N-methyl/N-ethyl adjacent to an activating group) is 1. The maximum atomic E-state index is 13.3. The molecular formula is C16H21F2N3. The summed E-state index contributed by atoms with van der Waals surface area (Å²) < 4.78 is 28.7. The second-order valence-corrected chi connectivity index (χ2v) is 5.07. The van der Waals surface area contributed by atoms with E-state index in [4.69, 9.17) is 0 Å². The van der Waals surface area contributed by atoms with Crippen LogP contribution in [0.5, 0.6) is 0 Å². The van der Waals surface area contributed by atoms with Crippen LogP contribution in [0, 0.1) is 11.6 Å². The Hall–Kier alpha value is -1.75. The van der Waals surface area contributed by atoms with E-state index in [1.54, 1.807) is 6.20 Å². The van der Waals surface area contributed by atoms with Crippen molar-refractivity contribution >= 4 is 0 Å². The lowest BCUT2D eigenvalue weighted by molar-refractivity contribution is 0.484. The van der Waals surface area contributed by atoms with Crippen molar-refractivity contribution in [1.82, 2.24) is 14.9 Å². The number of imidazole rings is 1. The summed E-state index contributed by atoms with van der Waals surface area (Å²) in [6.45, 7) is 5.76. The second kappa shape index (κ2) is 7.31. The molecule has 0 fully saturated rings. The van der Waals surface area contributed by atoms with Crippen molar-refractivity contribution < 1.29 is 8.78 Å². The molecule has 1 N–H and O–H groups in total. The molecule has 5 heteroatoms. The molecule has 0 aliphatic carbocycles.